The van der Waals surface area contributed by atoms with Crippen LogP contribution in [-0.2, 0) is 0 Å². The molecule has 1 nitrogen and oxygen atoms in total. The first-order valence-corrected chi connectivity index (χ1v) is 8.61. The Labute approximate surface area is 120 Å². The van der Waals surface area contributed by atoms with E-state index in [0.29, 0.717) is 10.8 Å². The highest BCUT2D eigenvalue weighted by atomic mass is 15.0. The maximum Gasteiger partial charge on any atom is 0.00684 e. The van der Waals surface area contributed by atoms with Crippen LogP contribution in [0.4, 0.5) is 0 Å². The number of nitrogens with one attached hydrogen (secondary N) is 1. The molecule has 0 spiro atoms. The molecule has 19 heavy (non-hydrogen) atoms. The van der Waals surface area contributed by atoms with Crippen LogP contribution in [0.5, 0.6) is 0 Å². The zero-order valence-electron chi connectivity index (χ0n) is 13.9. The van der Waals surface area contributed by atoms with Crippen LogP contribution in [0.3, 0.4) is 0 Å². The first-order chi connectivity index (χ1) is 8.87. The van der Waals surface area contributed by atoms with Gasteiger partial charge in [-0.2, -0.15) is 0 Å². The highest BCUT2D eigenvalue weighted by Gasteiger charge is 2.42. The van der Waals surface area contributed by atoms with Gasteiger partial charge in [-0.05, 0) is 61.2 Å². The van der Waals surface area contributed by atoms with Crippen molar-refractivity contribution < 1.29 is 0 Å². The zero-order valence-corrected chi connectivity index (χ0v) is 13.9. The van der Waals surface area contributed by atoms with E-state index >= 15 is 0 Å². The number of rotatable bonds is 5. The lowest BCUT2D eigenvalue weighted by Gasteiger charge is -2.47. The second-order valence-electron chi connectivity index (χ2n) is 8.47. The fraction of sp³-hybridized carbons (Fsp3) is 1.00. The molecule has 2 aliphatic carbocycles. The topological polar surface area (TPSA) is 12.0 Å². The molecule has 0 amide bonds. The molecule has 2 rings (SSSR count). The molecule has 1 heteroatoms. The minimum atomic E-state index is 0.505. The van der Waals surface area contributed by atoms with Crippen molar-refractivity contribution in [2.24, 2.45) is 22.7 Å². The van der Waals surface area contributed by atoms with Gasteiger partial charge in [-0.15, -0.1) is 0 Å². The minimum Gasteiger partial charge on any atom is -0.313 e. The molecule has 112 valence electrons. The van der Waals surface area contributed by atoms with E-state index in [2.05, 4.69) is 39.9 Å². The first-order valence-electron chi connectivity index (χ1n) is 8.61. The largest absolute Gasteiger partial charge is 0.313 e. The van der Waals surface area contributed by atoms with Crippen LogP contribution in [0.2, 0.25) is 0 Å². The van der Waals surface area contributed by atoms with E-state index in [-0.39, 0.29) is 0 Å². The second kappa shape index (κ2) is 5.76. The molecule has 2 aliphatic rings. The van der Waals surface area contributed by atoms with Crippen LogP contribution >= 0.6 is 0 Å². The van der Waals surface area contributed by atoms with E-state index in [9.17, 15) is 0 Å². The summed E-state index contributed by atoms with van der Waals surface area (Å²) in [6.45, 7) is 13.4. The van der Waals surface area contributed by atoms with Crippen LogP contribution in [0, 0.1) is 22.7 Å². The van der Waals surface area contributed by atoms with E-state index in [1.807, 2.05) is 0 Å². The van der Waals surface area contributed by atoms with Gasteiger partial charge in [-0.1, -0.05) is 41.0 Å². The molecule has 0 radical (unpaired) electrons. The van der Waals surface area contributed by atoms with E-state index < -0.39 is 0 Å². The van der Waals surface area contributed by atoms with Gasteiger partial charge in [0.05, 0.1) is 0 Å². The molecule has 0 bridgehead atoms. The van der Waals surface area contributed by atoms with Gasteiger partial charge in [0.2, 0.25) is 0 Å². The molecule has 2 saturated carbocycles. The molecule has 1 N–H and O–H groups in total. The lowest BCUT2D eigenvalue weighted by atomic mass is 9.59. The molecule has 0 aliphatic heterocycles. The van der Waals surface area contributed by atoms with Crippen LogP contribution in [0.25, 0.3) is 0 Å². The fourth-order valence-corrected chi connectivity index (χ4v) is 3.97. The summed E-state index contributed by atoms with van der Waals surface area (Å²) in [5.74, 6) is 1.81. The van der Waals surface area contributed by atoms with Crippen molar-refractivity contribution in [3.05, 3.63) is 0 Å². The molecule has 0 aromatic heterocycles. The summed E-state index contributed by atoms with van der Waals surface area (Å²) in [4.78, 5) is 0. The Balaban J connectivity index is 1.96. The van der Waals surface area contributed by atoms with Gasteiger partial charge in [0.1, 0.15) is 0 Å². The lowest BCUT2D eigenvalue weighted by molar-refractivity contribution is 0.0431. The Bertz CT molecular complexity index is 277. The quantitative estimate of drug-likeness (QED) is 0.737. The third-order valence-corrected chi connectivity index (χ3v) is 6.18. The Morgan fingerprint density at radius 3 is 2.11 bits per heavy atom. The van der Waals surface area contributed by atoms with Gasteiger partial charge in [0, 0.05) is 12.6 Å². The van der Waals surface area contributed by atoms with E-state index in [1.165, 1.54) is 51.5 Å². The second-order valence-corrected chi connectivity index (χ2v) is 8.47. The summed E-state index contributed by atoms with van der Waals surface area (Å²) >= 11 is 0. The molecular formula is C18H35N. The van der Waals surface area contributed by atoms with Crippen molar-refractivity contribution in [3.63, 3.8) is 0 Å². The maximum absolute atomic E-state index is 3.84. The number of hydrogen-bond donors (Lipinski definition) is 1. The Morgan fingerprint density at radius 2 is 1.68 bits per heavy atom. The van der Waals surface area contributed by atoms with Gasteiger partial charge in [0.25, 0.3) is 0 Å². The van der Waals surface area contributed by atoms with E-state index in [4.69, 9.17) is 0 Å². The third-order valence-electron chi connectivity index (χ3n) is 6.18. The smallest absolute Gasteiger partial charge is 0.00684 e. The molecule has 0 aromatic rings. The molecule has 1 atom stereocenters. The van der Waals surface area contributed by atoms with Crippen molar-refractivity contribution >= 4 is 0 Å². The van der Waals surface area contributed by atoms with Crippen LogP contribution < -0.4 is 5.32 Å². The molecule has 1 unspecified atom stereocenters. The number of hydrogen-bond acceptors (Lipinski definition) is 1. The summed E-state index contributed by atoms with van der Waals surface area (Å²) in [6.07, 6.45) is 9.96. The predicted octanol–water partition coefficient (Wildman–Crippen LogP) is 5.01. The Hall–Kier alpha value is -0.0400. The summed E-state index contributed by atoms with van der Waals surface area (Å²) in [6, 6.07) is 0.862. The van der Waals surface area contributed by atoms with Gasteiger partial charge >= 0.3 is 0 Å². The molecule has 0 aromatic carbocycles. The summed E-state index contributed by atoms with van der Waals surface area (Å²) in [5, 5.41) is 3.84. The molecule has 0 heterocycles. The highest BCUT2D eigenvalue weighted by molar-refractivity contribution is 4.95. The monoisotopic (exact) mass is 265 g/mol. The van der Waals surface area contributed by atoms with Gasteiger partial charge in [-0.25, -0.2) is 0 Å². The van der Waals surface area contributed by atoms with Crippen LogP contribution in [-0.4, -0.2) is 12.6 Å². The Morgan fingerprint density at radius 1 is 1.11 bits per heavy atom. The predicted molar refractivity (Wildman–Crippen MR) is 84.3 cm³/mol. The third kappa shape index (κ3) is 3.74. The maximum atomic E-state index is 3.84. The first kappa shape index (κ1) is 15.4. The minimum absolute atomic E-state index is 0.505. The van der Waals surface area contributed by atoms with Crippen LogP contribution in [0.1, 0.15) is 79.6 Å². The van der Waals surface area contributed by atoms with Gasteiger partial charge in [0.15, 0.2) is 0 Å². The molecule has 2 fully saturated rings. The van der Waals surface area contributed by atoms with E-state index in [1.54, 1.807) is 0 Å². The Kier molecular flexibility index (Phi) is 4.65. The standard InChI is InChI=1S/C18H35N/c1-6-14(2)18(13-19-16-7-8-16)11-9-15(10-12-18)17(3,4)5/h14-16,19H,6-13H2,1-5H3. The van der Waals surface area contributed by atoms with Crippen molar-refractivity contribution in [1.29, 1.82) is 0 Å². The van der Waals surface area contributed by atoms with Crippen molar-refractivity contribution in [2.75, 3.05) is 6.54 Å². The summed E-state index contributed by atoms with van der Waals surface area (Å²) in [5.41, 5.74) is 1.10. The van der Waals surface area contributed by atoms with Gasteiger partial charge in [-0.3, -0.25) is 0 Å². The molecular weight excluding hydrogens is 230 g/mol. The fourth-order valence-electron chi connectivity index (χ4n) is 3.97. The summed E-state index contributed by atoms with van der Waals surface area (Å²) in [7, 11) is 0. The SMILES string of the molecule is CCC(C)C1(CNC2CC2)CCC(C(C)(C)C)CC1. The van der Waals surface area contributed by atoms with E-state index in [0.717, 1.165) is 17.9 Å². The van der Waals surface area contributed by atoms with Crippen molar-refractivity contribution in [1.82, 2.24) is 5.32 Å². The van der Waals surface area contributed by atoms with Crippen molar-refractivity contribution in [3.8, 4) is 0 Å². The average molecular weight is 265 g/mol. The van der Waals surface area contributed by atoms with Crippen LogP contribution in [0.15, 0.2) is 0 Å². The van der Waals surface area contributed by atoms with Crippen molar-refractivity contribution in [2.45, 2.75) is 85.6 Å². The average Bonchev–Trinajstić information content (AvgIpc) is 3.19. The highest BCUT2D eigenvalue weighted by Crippen LogP contribution is 2.49. The summed E-state index contributed by atoms with van der Waals surface area (Å²) < 4.78 is 0. The normalized spacial score (nSPS) is 34.3. The lowest BCUT2D eigenvalue weighted by Crippen LogP contribution is -2.44. The van der Waals surface area contributed by atoms with Gasteiger partial charge < -0.3 is 5.32 Å². The zero-order chi connectivity index (χ0) is 14.1. The molecule has 0 saturated heterocycles.